The molecule has 2 aromatic rings. The minimum atomic E-state index is -0.0754. The summed E-state index contributed by atoms with van der Waals surface area (Å²) in [6, 6.07) is 2.49. The Kier molecular flexibility index (Phi) is 4.55. The lowest BCUT2D eigenvalue weighted by Crippen LogP contribution is -2.41. The van der Waals surface area contributed by atoms with Crippen molar-refractivity contribution in [2.45, 2.75) is 45.7 Å². The van der Waals surface area contributed by atoms with Crippen LogP contribution in [0.15, 0.2) is 21.5 Å². The third-order valence-electron chi connectivity index (χ3n) is 4.52. The summed E-state index contributed by atoms with van der Waals surface area (Å²) in [5, 5.41) is 12.4. The van der Waals surface area contributed by atoms with Gasteiger partial charge >= 0.3 is 6.01 Å². The average molecular weight is 332 g/mol. The number of nitrogens with zero attached hydrogens (tertiary/aromatic N) is 6. The molecule has 130 valence electrons. The topological polar surface area (TPSA) is 80.3 Å². The zero-order chi connectivity index (χ0) is 17.3. The van der Waals surface area contributed by atoms with Gasteiger partial charge in [0.1, 0.15) is 0 Å². The first-order valence-electron chi connectivity index (χ1n) is 8.32. The minimum absolute atomic E-state index is 0.0110. The van der Waals surface area contributed by atoms with E-state index in [1.807, 2.05) is 16.8 Å². The van der Waals surface area contributed by atoms with E-state index in [-0.39, 0.29) is 11.6 Å². The van der Waals surface area contributed by atoms with Crippen LogP contribution in [0.1, 0.15) is 38.6 Å². The van der Waals surface area contributed by atoms with Crippen molar-refractivity contribution in [3.63, 3.8) is 0 Å². The van der Waals surface area contributed by atoms with E-state index in [0.29, 0.717) is 24.5 Å². The molecule has 0 aliphatic carbocycles. The monoisotopic (exact) mass is 332 g/mol. The summed E-state index contributed by atoms with van der Waals surface area (Å²) in [5.74, 6) is 0.545. The molecule has 0 radical (unpaired) electrons. The summed E-state index contributed by atoms with van der Waals surface area (Å²) < 4.78 is 7.08. The van der Waals surface area contributed by atoms with Crippen molar-refractivity contribution < 1.29 is 4.42 Å². The summed E-state index contributed by atoms with van der Waals surface area (Å²) in [4.78, 5) is 16.6. The molecule has 3 rings (SSSR count). The predicted molar refractivity (Wildman–Crippen MR) is 91.6 cm³/mol. The Hall–Kier alpha value is -2.38. The van der Waals surface area contributed by atoms with Crippen LogP contribution in [0, 0.1) is 6.92 Å². The largest absolute Gasteiger partial charge is 0.408 e. The van der Waals surface area contributed by atoms with Crippen molar-refractivity contribution in [1.29, 1.82) is 0 Å². The molecular weight excluding hydrogens is 308 g/mol. The van der Waals surface area contributed by atoms with Gasteiger partial charge in [-0.05, 0) is 26.7 Å². The van der Waals surface area contributed by atoms with Crippen LogP contribution in [0.5, 0.6) is 0 Å². The molecule has 0 amide bonds. The fourth-order valence-corrected chi connectivity index (χ4v) is 2.92. The van der Waals surface area contributed by atoms with E-state index in [0.717, 1.165) is 25.1 Å². The first-order valence-corrected chi connectivity index (χ1v) is 8.32. The zero-order valence-electron chi connectivity index (χ0n) is 14.6. The van der Waals surface area contributed by atoms with E-state index < -0.39 is 0 Å². The molecular formula is C16H24N6O2. The van der Waals surface area contributed by atoms with Gasteiger partial charge in [0, 0.05) is 39.2 Å². The highest BCUT2D eigenvalue weighted by Gasteiger charge is 2.26. The van der Waals surface area contributed by atoms with Gasteiger partial charge in [-0.2, -0.15) is 5.10 Å². The standard InChI is InChI=1S/C16H24N6O2/c1-11(2)20(4)14-8-15(23)22(17-9-14)13-6-5-7-21(10-13)16-19-18-12(3)24-16/h8-9,11,13H,5-7,10H2,1-4H3. The summed E-state index contributed by atoms with van der Waals surface area (Å²) >= 11 is 0. The quantitative estimate of drug-likeness (QED) is 0.841. The normalized spacial score (nSPS) is 18.2. The van der Waals surface area contributed by atoms with E-state index in [4.69, 9.17) is 4.42 Å². The second-order valence-corrected chi connectivity index (χ2v) is 6.55. The highest BCUT2D eigenvalue weighted by molar-refractivity contribution is 5.42. The van der Waals surface area contributed by atoms with Gasteiger partial charge in [-0.3, -0.25) is 4.79 Å². The SMILES string of the molecule is Cc1nnc(N2CCCC(n3ncc(N(C)C(C)C)cc3=O)C2)o1. The molecule has 1 unspecified atom stereocenters. The number of aryl methyl sites for hydroxylation is 1. The van der Waals surface area contributed by atoms with Gasteiger partial charge in [-0.1, -0.05) is 5.10 Å². The average Bonchev–Trinajstić information content (AvgIpc) is 3.00. The maximum Gasteiger partial charge on any atom is 0.318 e. The molecule has 8 nitrogen and oxygen atoms in total. The van der Waals surface area contributed by atoms with Gasteiger partial charge in [0.2, 0.25) is 5.89 Å². The third kappa shape index (κ3) is 3.27. The lowest BCUT2D eigenvalue weighted by molar-refractivity contribution is 0.348. The molecule has 0 saturated carbocycles. The number of aromatic nitrogens is 4. The van der Waals surface area contributed by atoms with Gasteiger partial charge in [0.15, 0.2) is 0 Å². The number of hydrogen-bond donors (Lipinski definition) is 0. The number of piperidine rings is 1. The number of rotatable bonds is 4. The molecule has 3 heterocycles. The fourth-order valence-electron chi connectivity index (χ4n) is 2.92. The van der Waals surface area contributed by atoms with Crippen molar-refractivity contribution in [2.75, 3.05) is 29.9 Å². The maximum atomic E-state index is 12.5. The van der Waals surface area contributed by atoms with Gasteiger partial charge in [0.05, 0.1) is 17.9 Å². The molecule has 1 saturated heterocycles. The summed E-state index contributed by atoms with van der Waals surface area (Å²) in [6.45, 7) is 7.43. The Balaban J connectivity index is 1.80. The highest BCUT2D eigenvalue weighted by atomic mass is 16.4. The predicted octanol–water partition coefficient (Wildman–Crippen LogP) is 1.62. The Morgan fingerprint density at radius 2 is 2.17 bits per heavy atom. The van der Waals surface area contributed by atoms with Gasteiger partial charge in [-0.25, -0.2) is 4.68 Å². The van der Waals surface area contributed by atoms with Crippen LogP contribution < -0.4 is 15.4 Å². The van der Waals surface area contributed by atoms with E-state index in [1.165, 1.54) is 0 Å². The molecule has 1 aliphatic heterocycles. The van der Waals surface area contributed by atoms with Crippen LogP contribution in [0.2, 0.25) is 0 Å². The number of hydrogen-bond acceptors (Lipinski definition) is 7. The summed E-state index contributed by atoms with van der Waals surface area (Å²) in [6.07, 6.45) is 3.63. The van der Waals surface area contributed by atoms with Crippen molar-refractivity contribution in [1.82, 2.24) is 20.0 Å². The van der Waals surface area contributed by atoms with Crippen LogP contribution >= 0.6 is 0 Å². The van der Waals surface area contributed by atoms with E-state index in [9.17, 15) is 4.79 Å². The molecule has 24 heavy (non-hydrogen) atoms. The number of anilines is 2. The Morgan fingerprint density at radius 3 is 2.79 bits per heavy atom. The molecule has 1 atom stereocenters. The summed E-state index contributed by atoms with van der Waals surface area (Å²) in [5.41, 5.74) is 0.764. The second-order valence-electron chi connectivity index (χ2n) is 6.55. The second kappa shape index (κ2) is 6.62. The van der Waals surface area contributed by atoms with E-state index >= 15 is 0 Å². The smallest absolute Gasteiger partial charge is 0.318 e. The van der Waals surface area contributed by atoms with Crippen LogP contribution in [0.25, 0.3) is 0 Å². The first-order chi connectivity index (χ1) is 11.5. The zero-order valence-corrected chi connectivity index (χ0v) is 14.6. The van der Waals surface area contributed by atoms with Crippen molar-refractivity contribution in [3.05, 3.63) is 28.5 Å². The Morgan fingerprint density at radius 1 is 1.38 bits per heavy atom. The van der Waals surface area contributed by atoms with Gasteiger partial charge < -0.3 is 14.2 Å². The molecule has 1 fully saturated rings. The van der Waals surface area contributed by atoms with Crippen LogP contribution in [-0.4, -0.2) is 46.2 Å². The minimum Gasteiger partial charge on any atom is -0.408 e. The van der Waals surface area contributed by atoms with Gasteiger partial charge in [0.25, 0.3) is 5.56 Å². The first kappa shape index (κ1) is 16.5. The van der Waals surface area contributed by atoms with Crippen LogP contribution in [-0.2, 0) is 0 Å². The lowest BCUT2D eigenvalue weighted by atomic mass is 10.1. The third-order valence-corrected chi connectivity index (χ3v) is 4.52. The Labute approximate surface area is 141 Å². The molecule has 0 bridgehead atoms. The fraction of sp³-hybridized carbons (Fsp3) is 0.625. The van der Waals surface area contributed by atoms with Gasteiger partial charge in [-0.15, -0.1) is 5.10 Å². The molecule has 1 aliphatic rings. The molecule has 2 aromatic heterocycles. The lowest BCUT2D eigenvalue weighted by Gasteiger charge is -2.32. The maximum absolute atomic E-state index is 12.5. The van der Waals surface area contributed by atoms with Crippen LogP contribution in [0.4, 0.5) is 11.7 Å². The Bertz CT molecular complexity index is 753. The van der Waals surface area contributed by atoms with Crippen LogP contribution in [0.3, 0.4) is 0 Å². The van der Waals surface area contributed by atoms with Crippen molar-refractivity contribution >= 4 is 11.7 Å². The van der Waals surface area contributed by atoms with Crippen molar-refractivity contribution in [3.8, 4) is 0 Å². The summed E-state index contributed by atoms with van der Waals surface area (Å²) in [7, 11) is 1.96. The molecule has 0 N–H and O–H groups in total. The van der Waals surface area contributed by atoms with E-state index in [1.54, 1.807) is 23.9 Å². The molecule has 8 heteroatoms. The van der Waals surface area contributed by atoms with E-state index in [2.05, 4.69) is 29.1 Å². The molecule has 0 aromatic carbocycles. The highest BCUT2D eigenvalue weighted by Crippen LogP contribution is 2.24. The molecule has 0 spiro atoms. The van der Waals surface area contributed by atoms with Crippen molar-refractivity contribution in [2.24, 2.45) is 0 Å².